The second kappa shape index (κ2) is 3.51. The molecule has 15 heavy (non-hydrogen) atoms. The number of anilines is 1. The SMILES string of the molecule is Cc1ncccc1N[C@@H]1C[C@H]2CC[C@@H]1C2. The maximum atomic E-state index is 4.32. The van der Waals surface area contributed by atoms with E-state index in [4.69, 9.17) is 0 Å². The molecule has 0 spiro atoms. The van der Waals surface area contributed by atoms with E-state index in [9.17, 15) is 0 Å². The lowest BCUT2D eigenvalue weighted by molar-refractivity contribution is 0.439. The maximum Gasteiger partial charge on any atom is 0.0603 e. The van der Waals surface area contributed by atoms with E-state index in [-0.39, 0.29) is 0 Å². The Kier molecular flexibility index (Phi) is 2.15. The predicted octanol–water partition coefficient (Wildman–Crippen LogP) is 2.99. The van der Waals surface area contributed by atoms with Crippen molar-refractivity contribution >= 4 is 5.69 Å². The highest BCUT2D eigenvalue weighted by molar-refractivity contribution is 5.47. The molecular weight excluding hydrogens is 184 g/mol. The number of hydrogen-bond acceptors (Lipinski definition) is 2. The van der Waals surface area contributed by atoms with Crippen LogP contribution in [0.3, 0.4) is 0 Å². The molecule has 2 fully saturated rings. The summed E-state index contributed by atoms with van der Waals surface area (Å²) in [6.07, 6.45) is 7.59. The smallest absolute Gasteiger partial charge is 0.0603 e. The topological polar surface area (TPSA) is 24.9 Å². The lowest BCUT2D eigenvalue weighted by Crippen LogP contribution is -2.26. The van der Waals surface area contributed by atoms with Crippen molar-refractivity contribution in [2.24, 2.45) is 11.8 Å². The third-order valence-corrected chi connectivity index (χ3v) is 4.09. The molecule has 2 aliphatic carbocycles. The number of nitrogens with zero attached hydrogens (tertiary/aromatic N) is 1. The van der Waals surface area contributed by atoms with Gasteiger partial charge in [-0.1, -0.05) is 6.42 Å². The molecule has 0 radical (unpaired) electrons. The second-order valence-corrected chi connectivity index (χ2v) is 5.06. The minimum Gasteiger partial charge on any atom is -0.381 e. The third-order valence-electron chi connectivity index (χ3n) is 4.09. The Morgan fingerprint density at radius 1 is 1.33 bits per heavy atom. The molecule has 2 bridgehead atoms. The molecule has 0 amide bonds. The van der Waals surface area contributed by atoms with Gasteiger partial charge in [-0.05, 0) is 50.2 Å². The van der Waals surface area contributed by atoms with Gasteiger partial charge in [0.05, 0.1) is 11.4 Å². The van der Waals surface area contributed by atoms with Crippen molar-refractivity contribution < 1.29 is 0 Å². The number of pyridine rings is 1. The monoisotopic (exact) mass is 202 g/mol. The van der Waals surface area contributed by atoms with E-state index in [0.717, 1.165) is 17.5 Å². The van der Waals surface area contributed by atoms with Crippen molar-refractivity contribution in [3.05, 3.63) is 24.0 Å². The average Bonchev–Trinajstić information content (AvgIpc) is 2.83. The summed E-state index contributed by atoms with van der Waals surface area (Å²) < 4.78 is 0. The Hall–Kier alpha value is -1.05. The van der Waals surface area contributed by atoms with E-state index in [1.165, 1.54) is 31.4 Å². The molecule has 80 valence electrons. The van der Waals surface area contributed by atoms with Crippen molar-refractivity contribution in [2.45, 2.75) is 38.6 Å². The quantitative estimate of drug-likeness (QED) is 0.797. The van der Waals surface area contributed by atoms with Gasteiger partial charge >= 0.3 is 0 Å². The van der Waals surface area contributed by atoms with E-state index < -0.39 is 0 Å². The van der Waals surface area contributed by atoms with Gasteiger partial charge in [0.2, 0.25) is 0 Å². The number of fused-ring (bicyclic) bond motifs is 2. The first kappa shape index (κ1) is 9.20. The van der Waals surface area contributed by atoms with Crippen LogP contribution in [0.1, 0.15) is 31.4 Å². The minimum atomic E-state index is 0.714. The fourth-order valence-corrected chi connectivity index (χ4v) is 3.26. The lowest BCUT2D eigenvalue weighted by atomic mass is 9.95. The van der Waals surface area contributed by atoms with Crippen LogP contribution in [0.25, 0.3) is 0 Å². The number of aryl methyl sites for hydroxylation is 1. The molecule has 2 aliphatic rings. The maximum absolute atomic E-state index is 4.32. The van der Waals surface area contributed by atoms with E-state index in [0.29, 0.717) is 6.04 Å². The largest absolute Gasteiger partial charge is 0.381 e. The molecule has 0 aromatic carbocycles. The van der Waals surface area contributed by atoms with Crippen LogP contribution in [0, 0.1) is 18.8 Å². The van der Waals surface area contributed by atoms with Gasteiger partial charge < -0.3 is 5.32 Å². The van der Waals surface area contributed by atoms with Crippen LogP contribution in [0.4, 0.5) is 5.69 Å². The molecule has 1 N–H and O–H groups in total. The minimum absolute atomic E-state index is 0.714. The Balaban J connectivity index is 1.73. The first-order valence-corrected chi connectivity index (χ1v) is 6.01. The van der Waals surface area contributed by atoms with Crippen molar-refractivity contribution in [1.82, 2.24) is 4.98 Å². The molecule has 3 rings (SSSR count). The number of hydrogen-bond donors (Lipinski definition) is 1. The van der Waals surface area contributed by atoms with E-state index in [1.54, 1.807) is 0 Å². The zero-order valence-corrected chi connectivity index (χ0v) is 9.24. The van der Waals surface area contributed by atoms with Gasteiger partial charge in [0.1, 0.15) is 0 Å². The summed E-state index contributed by atoms with van der Waals surface area (Å²) in [6.45, 7) is 2.08. The standard InChI is InChI=1S/C13H18N2/c1-9-12(3-2-6-14-9)15-13-8-10-4-5-11(13)7-10/h2-3,6,10-11,13,15H,4-5,7-8H2,1H3/t10-,11+,13+/m0/s1. The van der Waals surface area contributed by atoms with E-state index in [2.05, 4.69) is 23.3 Å². The fourth-order valence-electron chi connectivity index (χ4n) is 3.26. The van der Waals surface area contributed by atoms with E-state index in [1.807, 2.05) is 12.3 Å². The summed E-state index contributed by atoms with van der Waals surface area (Å²) in [6, 6.07) is 4.88. The number of rotatable bonds is 2. The van der Waals surface area contributed by atoms with Gasteiger partial charge in [0, 0.05) is 12.2 Å². The lowest BCUT2D eigenvalue weighted by Gasteiger charge is -2.24. The van der Waals surface area contributed by atoms with Crippen molar-refractivity contribution in [3.8, 4) is 0 Å². The van der Waals surface area contributed by atoms with Gasteiger partial charge in [-0.2, -0.15) is 0 Å². The Labute approximate surface area is 91.1 Å². The summed E-state index contributed by atoms with van der Waals surface area (Å²) in [4.78, 5) is 4.32. The summed E-state index contributed by atoms with van der Waals surface area (Å²) in [5, 5.41) is 3.68. The normalized spacial score (nSPS) is 33.3. The summed E-state index contributed by atoms with van der Waals surface area (Å²) in [5.74, 6) is 1.93. The van der Waals surface area contributed by atoms with Crippen LogP contribution in [0.2, 0.25) is 0 Å². The van der Waals surface area contributed by atoms with Crippen LogP contribution < -0.4 is 5.32 Å². The first-order chi connectivity index (χ1) is 7.33. The van der Waals surface area contributed by atoms with Crippen molar-refractivity contribution in [2.75, 3.05) is 5.32 Å². The summed E-state index contributed by atoms with van der Waals surface area (Å²) >= 11 is 0. The highest BCUT2D eigenvalue weighted by Crippen LogP contribution is 2.45. The average molecular weight is 202 g/mol. The van der Waals surface area contributed by atoms with E-state index >= 15 is 0 Å². The summed E-state index contributed by atoms with van der Waals surface area (Å²) in [5.41, 5.74) is 2.36. The Morgan fingerprint density at radius 3 is 2.93 bits per heavy atom. The van der Waals surface area contributed by atoms with Crippen LogP contribution in [-0.2, 0) is 0 Å². The van der Waals surface area contributed by atoms with Crippen molar-refractivity contribution in [3.63, 3.8) is 0 Å². The van der Waals surface area contributed by atoms with Crippen molar-refractivity contribution in [1.29, 1.82) is 0 Å². The number of aromatic nitrogens is 1. The first-order valence-electron chi connectivity index (χ1n) is 6.01. The summed E-state index contributed by atoms with van der Waals surface area (Å²) in [7, 11) is 0. The van der Waals surface area contributed by atoms with Crippen LogP contribution in [0.15, 0.2) is 18.3 Å². The highest BCUT2D eigenvalue weighted by Gasteiger charge is 2.39. The third kappa shape index (κ3) is 1.62. The fraction of sp³-hybridized carbons (Fsp3) is 0.615. The van der Waals surface area contributed by atoms with Crippen LogP contribution in [0.5, 0.6) is 0 Å². The molecule has 2 saturated carbocycles. The van der Waals surface area contributed by atoms with Gasteiger partial charge in [0.15, 0.2) is 0 Å². The molecule has 1 heterocycles. The highest BCUT2D eigenvalue weighted by atomic mass is 15.0. The Bertz CT molecular complexity index is 361. The molecule has 0 aliphatic heterocycles. The predicted molar refractivity (Wildman–Crippen MR) is 61.8 cm³/mol. The molecule has 1 aromatic heterocycles. The second-order valence-electron chi connectivity index (χ2n) is 5.06. The van der Waals surface area contributed by atoms with Gasteiger partial charge in [-0.25, -0.2) is 0 Å². The zero-order valence-electron chi connectivity index (χ0n) is 9.24. The van der Waals surface area contributed by atoms with Gasteiger partial charge in [-0.15, -0.1) is 0 Å². The molecule has 0 unspecified atom stereocenters. The Morgan fingerprint density at radius 2 is 2.27 bits per heavy atom. The van der Waals surface area contributed by atoms with Crippen LogP contribution >= 0.6 is 0 Å². The van der Waals surface area contributed by atoms with Gasteiger partial charge in [0.25, 0.3) is 0 Å². The molecule has 0 saturated heterocycles. The zero-order chi connectivity index (χ0) is 10.3. The van der Waals surface area contributed by atoms with Crippen LogP contribution in [-0.4, -0.2) is 11.0 Å². The number of nitrogens with one attached hydrogen (secondary N) is 1. The molecule has 2 nitrogen and oxygen atoms in total. The molecule has 2 heteroatoms. The molecule has 1 aromatic rings. The van der Waals surface area contributed by atoms with Gasteiger partial charge in [-0.3, -0.25) is 4.98 Å². The molecule has 3 atom stereocenters. The molecular formula is C13H18N2.